The molecular formula is C10H20N2. The summed E-state index contributed by atoms with van der Waals surface area (Å²) in [4.78, 5) is 2.65. The smallest absolute Gasteiger partial charge is 0.0193 e. The first-order valence-electron chi connectivity index (χ1n) is 5.31. The van der Waals surface area contributed by atoms with Crippen LogP contribution < -0.4 is 5.32 Å². The summed E-state index contributed by atoms with van der Waals surface area (Å²) < 4.78 is 0. The average Bonchev–Trinajstić information content (AvgIpc) is 2.00. The molecule has 2 fully saturated rings. The number of rotatable bonds is 2. The monoisotopic (exact) mass is 168 g/mol. The van der Waals surface area contributed by atoms with Gasteiger partial charge in [0, 0.05) is 32.2 Å². The zero-order chi connectivity index (χ0) is 8.39. The third-order valence-corrected chi connectivity index (χ3v) is 3.36. The first kappa shape index (κ1) is 8.52. The Morgan fingerprint density at radius 1 is 1.42 bits per heavy atom. The molecule has 12 heavy (non-hydrogen) atoms. The van der Waals surface area contributed by atoms with Crippen molar-refractivity contribution in [2.24, 2.45) is 5.92 Å². The van der Waals surface area contributed by atoms with Gasteiger partial charge in [-0.3, -0.25) is 4.90 Å². The standard InChI is InChI=1S/C10H20N2/c1-9-7-11-5-6-12(9)8-10-3-2-4-10/h9-11H,2-8H2,1H3/t9-/m1/s1. The molecule has 0 amide bonds. The molecule has 2 nitrogen and oxygen atoms in total. The highest BCUT2D eigenvalue weighted by molar-refractivity contribution is 4.80. The van der Waals surface area contributed by atoms with Gasteiger partial charge in [0.05, 0.1) is 0 Å². The molecule has 1 atom stereocenters. The van der Waals surface area contributed by atoms with Crippen LogP contribution in [0, 0.1) is 5.92 Å². The lowest BCUT2D eigenvalue weighted by molar-refractivity contribution is 0.119. The van der Waals surface area contributed by atoms with Crippen LogP contribution >= 0.6 is 0 Å². The lowest BCUT2D eigenvalue weighted by Gasteiger charge is -2.38. The molecule has 2 heteroatoms. The van der Waals surface area contributed by atoms with Crippen LogP contribution in [0.25, 0.3) is 0 Å². The highest BCUT2D eigenvalue weighted by Crippen LogP contribution is 2.27. The van der Waals surface area contributed by atoms with Crippen LogP contribution in [0.2, 0.25) is 0 Å². The SMILES string of the molecule is C[C@@H]1CNCCN1CC1CCC1. The average molecular weight is 168 g/mol. The van der Waals surface area contributed by atoms with Crippen molar-refractivity contribution in [2.75, 3.05) is 26.2 Å². The molecule has 0 aromatic heterocycles. The van der Waals surface area contributed by atoms with E-state index >= 15 is 0 Å². The van der Waals surface area contributed by atoms with Gasteiger partial charge in [-0.15, -0.1) is 0 Å². The molecule has 1 aliphatic heterocycles. The van der Waals surface area contributed by atoms with Gasteiger partial charge in [0.1, 0.15) is 0 Å². The van der Waals surface area contributed by atoms with Gasteiger partial charge >= 0.3 is 0 Å². The largest absolute Gasteiger partial charge is 0.314 e. The zero-order valence-corrected chi connectivity index (χ0v) is 8.05. The van der Waals surface area contributed by atoms with Crippen molar-refractivity contribution >= 4 is 0 Å². The predicted octanol–water partition coefficient (Wildman–Crippen LogP) is 1.08. The van der Waals surface area contributed by atoms with Crippen molar-refractivity contribution in [1.29, 1.82) is 0 Å². The van der Waals surface area contributed by atoms with Crippen LogP contribution in [-0.4, -0.2) is 37.1 Å². The molecule has 0 unspecified atom stereocenters. The fourth-order valence-electron chi connectivity index (χ4n) is 2.16. The Balaban J connectivity index is 1.76. The second kappa shape index (κ2) is 3.75. The second-order valence-electron chi connectivity index (χ2n) is 4.35. The van der Waals surface area contributed by atoms with Crippen molar-refractivity contribution in [3.05, 3.63) is 0 Å². The number of nitrogens with zero attached hydrogens (tertiary/aromatic N) is 1. The Hall–Kier alpha value is -0.0800. The molecule has 2 aliphatic rings. The molecule has 1 saturated carbocycles. The van der Waals surface area contributed by atoms with E-state index < -0.39 is 0 Å². The minimum absolute atomic E-state index is 0.763. The quantitative estimate of drug-likeness (QED) is 0.664. The van der Waals surface area contributed by atoms with Gasteiger partial charge in [-0.05, 0) is 25.7 Å². The van der Waals surface area contributed by atoms with Crippen molar-refractivity contribution < 1.29 is 0 Å². The molecule has 0 bridgehead atoms. The molecule has 1 saturated heterocycles. The third-order valence-electron chi connectivity index (χ3n) is 3.36. The van der Waals surface area contributed by atoms with Gasteiger partial charge < -0.3 is 5.32 Å². The topological polar surface area (TPSA) is 15.3 Å². The van der Waals surface area contributed by atoms with Crippen molar-refractivity contribution in [2.45, 2.75) is 32.2 Å². The maximum atomic E-state index is 3.43. The number of hydrogen-bond acceptors (Lipinski definition) is 2. The van der Waals surface area contributed by atoms with E-state index in [0.29, 0.717) is 0 Å². The summed E-state index contributed by atoms with van der Waals surface area (Å²) >= 11 is 0. The Kier molecular flexibility index (Phi) is 2.66. The fraction of sp³-hybridized carbons (Fsp3) is 1.00. The third kappa shape index (κ3) is 1.80. The molecule has 2 rings (SSSR count). The summed E-state index contributed by atoms with van der Waals surface area (Å²) in [6.45, 7) is 7.34. The summed E-state index contributed by atoms with van der Waals surface area (Å²) in [6.07, 6.45) is 4.44. The van der Waals surface area contributed by atoms with Crippen LogP contribution in [0.1, 0.15) is 26.2 Å². The first-order chi connectivity index (χ1) is 5.86. The maximum absolute atomic E-state index is 3.43. The van der Waals surface area contributed by atoms with Gasteiger partial charge in [-0.2, -0.15) is 0 Å². The lowest BCUT2D eigenvalue weighted by Crippen LogP contribution is -2.51. The van der Waals surface area contributed by atoms with Crippen LogP contribution in [-0.2, 0) is 0 Å². The number of piperazine rings is 1. The zero-order valence-electron chi connectivity index (χ0n) is 8.05. The van der Waals surface area contributed by atoms with Crippen molar-refractivity contribution in [3.63, 3.8) is 0 Å². The van der Waals surface area contributed by atoms with Crippen LogP contribution in [0.15, 0.2) is 0 Å². The molecular weight excluding hydrogens is 148 g/mol. The van der Waals surface area contributed by atoms with Crippen LogP contribution in [0.5, 0.6) is 0 Å². The predicted molar refractivity (Wildman–Crippen MR) is 51.2 cm³/mol. The molecule has 0 radical (unpaired) electrons. The Labute approximate surface area is 75.3 Å². The van der Waals surface area contributed by atoms with Gasteiger partial charge in [-0.1, -0.05) is 6.42 Å². The van der Waals surface area contributed by atoms with E-state index in [0.717, 1.165) is 12.0 Å². The van der Waals surface area contributed by atoms with Gasteiger partial charge in [0.2, 0.25) is 0 Å². The summed E-state index contributed by atoms with van der Waals surface area (Å²) in [5, 5.41) is 3.43. The first-order valence-corrected chi connectivity index (χ1v) is 5.31. The molecule has 0 aromatic carbocycles. The fourth-order valence-corrected chi connectivity index (χ4v) is 2.16. The van der Waals surface area contributed by atoms with Gasteiger partial charge in [-0.25, -0.2) is 0 Å². The Morgan fingerprint density at radius 3 is 2.83 bits per heavy atom. The van der Waals surface area contributed by atoms with Crippen LogP contribution in [0.3, 0.4) is 0 Å². The van der Waals surface area contributed by atoms with E-state index in [1.165, 1.54) is 45.4 Å². The minimum Gasteiger partial charge on any atom is -0.314 e. The molecule has 70 valence electrons. The molecule has 1 heterocycles. The number of hydrogen-bond donors (Lipinski definition) is 1. The highest BCUT2D eigenvalue weighted by atomic mass is 15.2. The minimum atomic E-state index is 0.763. The Bertz CT molecular complexity index is 143. The molecule has 1 aliphatic carbocycles. The van der Waals surface area contributed by atoms with Crippen LogP contribution in [0.4, 0.5) is 0 Å². The maximum Gasteiger partial charge on any atom is 0.0193 e. The van der Waals surface area contributed by atoms with Gasteiger partial charge in [0.15, 0.2) is 0 Å². The van der Waals surface area contributed by atoms with E-state index in [1.807, 2.05) is 0 Å². The van der Waals surface area contributed by atoms with E-state index in [2.05, 4.69) is 17.1 Å². The van der Waals surface area contributed by atoms with E-state index in [-0.39, 0.29) is 0 Å². The molecule has 0 spiro atoms. The van der Waals surface area contributed by atoms with Gasteiger partial charge in [0.25, 0.3) is 0 Å². The molecule has 1 N–H and O–H groups in total. The second-order valence-corrected chi connectivity index (χ2v) is 4.35. The normalized spacial score (nSPS) is 33.2. The summed E-state index contributed by atoms with van der Waals surface area (Å²) in [6, 6.07) is 0.763. The summed E-state index contributed by atoms with van der Waals surface area (Å²) in [7, 11) is 0. The summed E-state index contributed by atoms with van der Waals surface area (Å²) in [5.74, 6) is 1.03. The highest BCUT2D eigenvalue weighted by Gasteiger charge is 2.24. The molecule has 0 aromatic rings. The number of nitrogens with one attached hydrogen (secondary N) is 1. The lowest BCUT2D eigenvalue weighted by atomic mass is 9.85. The van der Waals surface area contributed by atoms with Crippen molar-refractivity contribution in [3.8, 4) is 0 Å². The van der Waals surface area contributed by atoms with E-state index in [4.69, 9.17) is 0 Å². The Morgan fingerprint density at radius 2 is 2.25 bits per heavy atom. The van der Waals surface area contributed by atoms with E-state index in [1.54, 1.807) is 0 Å². The van der Waals surface area contributed by atoms with Crippen molar-refractivity contribution in [1.82, 2.24) is 10.2 Å². The van der Waals surface area contributed by atoms with E-state index in [9.17, 15) is 0 Å². The summed E-state index contributed by atoms with van der Waals surface area (Å²) in [5.41, 5.74) is 0.